The molecular weight excluding hydrogens is 220 g/mol. The van der Waals surface area contributed by atoms with Gasteiger partial charge in [0, 0.05) is 22.0 Å². The Kier molecular flexibility index (Phi) is 2.78. The molecule has 0 atom stereocenters. The third-order valence-electron chi connectivity index (χ3n) is 3.52. The first-order chi connectivity index (χ1) is 8.79. The van der Waals surface area contributed by atoms with E-state index in [4.69, 9.17) is 4.98 Å². The summed E-state index contributed by atoms with van der Waals surface area (Å²) in [5, 5.41) is 2.61. The van der Waals surface area contributed by atoms with Gasteiger partial charge in [-0.25, -0.2) is 0 Å². The molecule has 1 N–H and O–H groups in total. The lowest BCUT2D eigenvalue weighted by molar-refractivity contribution is 0.775. The highest BCUT2D eigenvalue weighted by molar-refractivity contribution is 6.07. The van der Waals surface area contributed by atoms with E-state index in [0.29, 0.717) is 0 Å². The van der Waals surface area contributed by atoms with Crippen LogP contribution in [-0.4, -0.2) is 9.97 Å². The molecule has 0 radical (unpaired) electrons. The average molecular weight is 238 g/mol. The van der Waals surface area contributed by atoms with Gasteiger partial charge in [-0.3, -0.25) is 4.98 Å². The van der Waals surface area contributed by atoms with Crippen LogP contribution in [0.3, 0.4) is 0 Å². The lowest BCUT2D eigenvalue weighted by Crippen LogP contribution is -1.93. The first kappa shape index (κ1) is 11.3. The van der Waals surface area contributed by atoms with Gasteiger partial charge in [-0.15, -0.1) is 0 Å². The number of fused-ring (bicyclic) bond motifs is 3. The van der Waals surface area contributed by atoms with Gasteiger partial charge in [0.05, 0.1) is 11.2 Å². The summed E-state index contributed by atoms with van der Waals surface area (Å²) in [7, 11) is 0. The SMILES string of the molecule is CCCCc1cc2c([nH]c3ccccc32)c(C)n1. The number of unbranched alkanes of at least 4 members (excludes halogenated alkanes) is 1. The van der Waals surface area contributed by atoms with E-state index >= 15 is 0 Å². The third-order valence-corrected chi connectivity index (χ3v) is 3.52. The second kappa shape index (κ2) is 4.45. The number of nitrogens with one attached hydrogen (secondary N) is 1. The van der Waals surface area contributed by atoms with Crippen molar-refractivity contribution >= 4 is 21.8 Å². The highest BCUT2D eigenvalue weighted by Gasteiger charge is 2.08. The molecule has 0 saturated carbocycles. The Morgan fingerprint density at radius 2 is 2.00 bits per heavy atom. The number of hydrogen-bond acceptors (Lipinski definition) is 1. The Morgan fingerprint density at radius 3 is 2.83 bits per heavy atom. The van der Waals surface area contributed by atoms with E-state index in [0.717, 1.165) is 12.1 Å². The predicted octanol–water partition coefficient (Wildman–Crippen LogP) is 4.37. The summed E-state index contributed by atoms with van der Waals surface area (Å²) in [5.41, 5.74) is 4.70. The zero-order valence-corrected chi connectivity index (χ0v) is 11.0. The third kappa shape index (κ3) is 1.78. The fraction of sp³-hybridized carbons (Fsp3) is 0.312. The van der Waals surface area contributed by atoms with Crippen LogP contribution in [-0.2, 0) is 6.42 Å². The quantitative estimate of drug-likeness (QED) is 0.721. The number of pyridine rings is 1. The van der Waals surface area contributed by atoms with Crippen LogP contribution in [0.15, 0.2) is 30.3 Å². The van der Waals surface area contributed by atoms with Crippen LogP contribution in [0, 0.1) is 6.92 Å². The lowest BCUT2D eigenvalue weighted by Gasteiger charge is -2.02. The molecule has 92 valence electrons. The first-order valence-corrected chi connectivity index (χ1v) is 6.66. The lowest BCUT2D eigenvalue weighted by atomic mass is 10.1. The molecule has 0 amide bonds. The molecule has 0 unspecified atom stereocenters. The monoisotopic (exact) mass is 238 g/mol. The summed E-state index contributed by atoms with van der Waals surface area (Å²) in [6.07, 6.45) is 3.50. The van der Waals surface area contributed by atoms with Crippen molar-refractivity contribution in [3.8, 4) is 0 Å². The Morgan fingerprint density at radius 1 is 1.17 bits per heavy atom. The fourth-order valence-electron chi connectivity index (χ4n) is 2.56. The first-order valence-electron chi connectivity index (χ1n) is 6.66. The van der Waals surface area contributed by atoms with Crippen molar-refractivity contribution in [1.29, 1.82) is 0 Å². The van der Waals surface area contributed by atoms with Crippen molar-refractivity contribution in [2.75, 3.05) is 0 Å². The Hall–Kier alpha value is -1.83. The van der Waals surface area contributed by atoms with Crippen molar-refractivity contribution in [3.63, 3.8) is 0 Å². The summed E-state index contributed by atoms with van der Waals surface area (Å²) in [6, 6.07) is 10.7. The smallest absolute Gasteiger partial charge is 0.0681 e. The molecule has 0 fully saturated rings. The number of rotatable bonds is 3. The molecule has 0 aliphatic carbocycles. The summed E-state index contributed by atoms with van der Waals surface area (Å²) >= 11 is 0. The molecule has 1 aromatic carbocycles. The van der Waals surface area contributed by atoms with Gasteiger partial charge in [0.25, 0.3) is 0 Å². The normalized spacial score (nSPS) is 11.4. The van der Waals surface area contributed by atoms with Crippen LogP contribution in [0.1, 0.15) is 31.2 Å². The van der Waals surface area contributed by atoms with E-state index in [-0.39, 0.29) is 0 Å². The van der Waals surface area contributed by atoms with Crippen molar-refractivity contribution in [1.82, 2.24) is 9.97 Å². The van der Waals surface area contributed by atoms with Gasteiger partial charge >= 0.3 is 0 Å². The van der Waals surface area contributed by atoms with Crippen molar-refractivity contribution in [2.24, 2.45) is 0 Å². The molecule has 2 heteroatoms. The molecule has 0 saturated heterocycles. The minimum Gasteiger partial charge on any atom is -0.353 e. The van der Waals surface area contributed by atoms with Gasteiger partial charge in [0.2, 0.25) is 0 Å². The van der Waals surface area contributed by atoms with Crippen LogP contribution >= 0.6 is 0 Å². The molecule has 0 aliphatic heterocycles. The summed E-state index contributed by atoms with van der Waals surface area (Å²) < 4.78 is 0. The molecule has 18 heavy (non-hydrogen) atoms. The molecular formula is C16H18N2. The highest BCUT2D eigenvalue weighted by atomic mass is 14.8. The number of H-pyrrole nitrogens is 1. The maximum atomic E-state index is 4.70. The van der Waals surface area contributed by atoms with Crippen molar-refractivity contribution in [2.45, 2.75) is 33.1 Å². The van der Waals surface area contributed by atoms with Crippen LogP contribution in [0.4, 0.5) is 0 Å². The predicted molar refractivity (Wildman–Crippen MR) is 76.9 cm³/mol. The summed E-state index contributed by atoms with van der Waals surface area (Å²) in [4.78, 5) is 8.17. The number of aromatic nitrogens is 2. The molecule has 0 aliphatic rings. The molecule has 0 spiro atoms. The highest BCUT2D eigenvalue weighted by Crippen LogP contribution is 2.27. The molecule has 2 heterocycles. The molecule has 2 nitrogen and oxygen atoms in total. The van der Waals surface area contributed by atoms with Gasteiger partial charge in [-0.05, 0) is 31.9 Å². The minimum absolute atomic E-state index is 1.08. The average Bonchev–Trinajstić information content (AvgIpc) is 2.76. The maximum Gasteiger partial charge on any atom is 0.0681 e. The molecule has 3 rings (SSSR count). The van der Waals surface area contributed by atoms with Gasteiger partial charge in [0.15, 0.2) is 0 Å². The fourth-order valence-corrected chi connectivity index (χ4v) is 2.56. The maximum absolute atomic E-state index is 4.70. The van der Waals surface area contributed by atoms with Crippen molar-refractivity contribution < 1.29 is 0 Å². The number of aryl methyl sites for hydroxylation is 2. The number of benzene rings is 1. The van der Waals surface area contributed by atoms with E-state index < -0.39 is 0 Å². The van der Waals surface area contributed by atoms with E-state index in [1.807, 2.05) is 0 Å². The zero-order valence-electron chi connectivity index (χ0n) is 11.0. The van der Waals surface area contributed by atoms with E-state index in [9.17, 15) is 0 Å². The standard InChI is InChI=1S/C16H18N2/c1-3-4-7-12-10-14-13-8-5-6-9-15(13)18-16(14)11(2)17-12/h5-6,8-10,18H,3-4,7H2,1-2H3. The van der Waals surface area contributed by atoms with Gasteiger partial charge in [0.1, 0.15) is 0 Å². The van der Waals surface area contributed by atoms with E-state index in [1.54, 1.807) is 0 Å². The largest absolute Gasteiger partial charge is 0.353 e. The molecule has 3 aromatic rings. The van der Waals surface area contributed by atoms with Crippen LogP contribution < -0.4 is 0 Å². The van der Waals surface area contributed by atoms with Crippen molar-refractivity contribution in [3.05, 3.63) is 41.7 Å². The minimum atomic E-state index is 1.08. The Bertz CT molecular complexity index is 695. The van der Waals surface area contributed by atoms with Crippen LogP contribution in [0.5, 0.6) is 0 Å². The second-order valence-electron chi connectivity index (χ2n) is 4.90. The zero-order chi connectivity index (χ0) is 12.5. The number of hydrogen-bond donors (Lipinski definition) is 1. The molecule has 2 aromatic heterocycles. The topological polar surface area (TPSA) is 28.7 Å². The van der Waals surface area contributed by atoms with Crippen LogP contribution in [0.2, 0.25) is 0 Å². The van der Waals surface area contributed by atoms with Gasteiger partial charge in [-0.2, -0.15) is 0 Å². The number of nitrogens with zero attached hydrogens (tertiary/aromatic N) is 1. The Labute approximate surface area is 107 Å². The van der Waals surface area contributed by atoms with Gasteiger partial charge in [-0.1, -0.05) is 31.5 Å². The van der Waals surface area contributed by atoms with E-state index in [1.165, 1.54) is 40.3 Å². The van der Waals surface area contributed by atoms with E-state index in [2.05, 4.69) is 49.2 Å². The number of para-hydroxylation sites is 1. The summed E-state index contributed by atoms with van der Waals surface area (Å²) in [6.45, 7) is 4.31. The number of aromatic amines is 1. The second-order valence-corrected chi connectivity index (χ2v) is 4.90. The van der Waals surface area contributed by atoms with Gasteiger partial charge < -0.3 is 4.98 Å². The summed E-state index contributed by atoms with van der Waals surface area (Å²) in [5.74, 6) is 0. The Balaban J connectivity index is 2.23. The van der Waals surface area contributed by atoms with Crippen LogP contribution in [0.25, 0.3) is 21.8 Å². The molecule has 0 bridgehead atoms.